The summed E-state index contributed by atoms with van der Waals surface area (Å²) in [5, 5.41) is 3.08. The third kappa shape index (κ3) is 4.10. The van der Waals surface area contributed by atoms with Crippen LogP contribution in [-0.2, 0) is 11.2 Å². The van der Waals surface area contributed by atoms with Gasteiger partial charge in [0.1, 0.15) is 0 Å². The van der Waals surface area contributed by atoms with Crippen LogP contribution in [0.25, 0.3) is 0 Å². The second-order valence-corrected chi connectivity index (χ2v) is 5.98. The van der Waals surface area contributed by atoms with Gasteiger partial charge < -0.3 is 11.1 Å². The van der Waals surface area contributed by atoms with Gasteiger partial charge in [-0.1, -0.05) is 44.2 Å². The molecule has 0 unspecified atom stereocenters. The first-order valence-corrected chi connectivity index (χ1v) is 7.71. The van der Waals surface area contributed by atoms with Crippen LogP contribution in [0, 0.1) is 6.92 Å². The van der Waals surface area contributed by atoms with E-state index in [9.17, 15) is 4.79 Å². The predicted octanol–water partition coefficient (Wildman–Crippen LogP) is 4.27. The van der Waals surface area contributed by atoms with Gasteiger partial charge in [-0.3, -0.25) is 4.79 Å². The first-order valence-electron chi connectivity index (χ1n) is 7.71. The van der Waals surface area contributed by atoms with E-state index in [1.165, 1.54) is 5.56 Å². The van der Waals surface area contributed by atoms with Crippen molar-refractivity contribution in [1.29, 1.82) is 0 Å². The fourth-order valence-electron chi connectivity index (χ4n) is 2.49. The Kier molecular flexibility index (Phi) is 5.21. The molecular weight excluding hydrogens is 272 g/mol. The average molecular weight is 296 g/mol. The van der Waals surface area contributed by atoms with Gasteiger partial charge in [-0.2, -0.15) is 0 Å². The average Bonchev–Trinajstić information content (AvgIpc) is 2.48. The summed E-state index contributed by atoms with van der Waals surface area (Å²) in [6.45, 7) is 6.30. The van der Waals surface area contributed by atoms with Crippen molar-refractivity contribution in [3.63, 3.8) is 0 Å². The number of nitrogen functional groups attached to an aromatic ring is 1. The third-order valence-electron chi connectivity index (χ3n) is 3.81. The zero-order valence-corrected chi connectivity index (χ0v) is 13.5. The molecule has 0 heterocycles. The van der Waals surface area contributed by atoms with Gasteiger partial charge in [-0.25, -0.2) is 0 Å². The van der Waals surface area contributed by atoms with E-state index in [0.29, 0.717) is 12.3 Å². The summed E-state index contributed by atoms with van der Waals surface area (Å²) in [7, 11) is 0. The van der Waals surface area contributed by atoms with Crippen LogP contribution < -0.4 is 11.1 Å². The van der Waals surface area contributed by atoms with Gasteiger partial charge in [0.2, 0.25) is 5.91 Å². The SMILES string of the molecule is Cc1cccc(C(C)C)c1NC(=O)CCc1ccc(N)cc1. The number of hydrogen-bond donors (Lipinski definition) is 2. The zero-order chi connectivity index (χ0) is 16.1. The van der Waals surface area contributed by atoms with Crippen molar-refractivity contribution in [3.05, 3.63) is 59.2 Å². The van der Waals surface area contributed by atoms with Gasteiger partial charge in [0.05, 0.1) is 0 Å². The van der Waals surface area contributed by atoms with Crippen molar-refractivity contribution >= 4 is 17.3 Å². The van der Waals surface area contributed by atoms with Gasteiger partial charge in [-0.15, -0.1) is 0 Å². The van der Waals surface area contributed by atoms with Gasteiger partial charge in [0, 0.05) is 17.8 Å². The van der Waals surface area contributed by atoms with E-state index < -0.39 is 0 Å². The molecule has 0 aliphatic rings. The lowest BCUT2D eigenvalue weighted by Gasteiger charge is -2.16. The van der Waals surface area contributed by atoms with Crippen LogP contribution in [-0.4, -0.2) is 5.91 Å². The highest BCUT2D eigenvalue weighted by molar-refractivity contribution is 5.92. The van der Waals surface area contributed by atoms with Crippen molar-refractivity contribution in [2.24, 2.45) is 0 Å². The largest absolute Gasteiger partial charge is 0.399 e. The van der Waals surface area contributed by atoms with E-state index in [-0.39, 0.29) is 5.91 Å². The quantitative estimate of drug-likeness (QED) is 0.809. The van der Waals surface area contributed by atoms with Crippen LogP contribution in [0.15, 0.2) is 42.5 Å². The summed E-state index contributed by atoms with van der Waals surface area (Å²) < 4.78 is 0. The molecule has 0 saturated heterocycles. The lowest BCUT2D eigenvalue weighted by Crippen LogP contribution is -2.15. The molecular formula is C19H24N2O. The number of nitrogens with two attached hydrogens (primary N) is 1. The number of rotatable bonds is 5. The standard InChI is InChI=1S/C19H24N2O/c1-13(2)17-6-4-5-14(3)19(17)21-18(22)12-9-15-7-10-16(20)11-8-15/h4-8,10-11,13H,9,12,20H2,1-3H3,(H,21,22). The van der Waals surface area contributed by atoms with Gasteiger partial charge >= 0.3 is 0 Å². The van der Waals surface area contributed by atoms with E-state index in [4.69, 9.17) is 5.73 Å². The number of aryl methyl sites for hydroxylation is 2. The van der Waals surface area contributed by atoms with E-state index in [1.807, 2.05) is 43.3 Å². The Bertz CT molecular complexity index is 645. The summed E-state index contributed by atoms with van der Waals surface area (Å²) in [4.78, 5) is 12.2. The topological polar surface area (TPSA) is 55.1 Å². The number of amides is 1. The first-order chi connectivity index (χ1) is 10.5. The molecule has 0 fully saturated rings. The molecule has 0 aliphatic carbocycles. The lowest BCUT2D eigenvalue weighted by molar-refractivity contribution is -0.116. The summed E-state index contributed by atoms with van der Waals surface area (Å²) >= 11 is 0. The highest BCUT2D eigenvalue weighted by atomic mass is 16.1. The molecule has 1 amide bonds. The molecule has 2 rings (SSSR count). The van der Waals surface area contributed by atoms with Crippen molar-refractivity contribution in [1.82, 2.24) is 0 Å². The summed E-state index contributed by atoms with van der Waals surface area (Å²) in [5.74, 6) is 0.431. The minimum absolute atomic E-state index is 0.0491. The Hall–Kier alpha value is -2.29. The minimum Gasteiger partial charge on any atom is -0.399 e. The fraction of sp³-hybridized carbons (Fsp3) is 0.316. The number of anilines is 2. The molecule has 0 saturated carbocycles. The molecule has 3 N–H and O–H groups in total. The second-order valence-electron chi connectivity index (χ2n) is 5.98. The zero-order valence-electron chi connectivity index (χ0n) is 13.5. The third-order valence-corrected chi connectivity index (χ3v) is 3.81. The van der Waals surface area contributed by atoms with Gasteiger partial charge in [0.25, 0.3) is 0 Å². The Morgan fingerprint density at radius 2 is 1.82 bits per heavy atom. The monoisotopic (exact) mass is 296 g/mol. The van der Waals surface area contributed by atoms with Crippen molar-refractivity contribution in [2.45, 2.75) is 39.5 Å². The molecule has 0 aliphatic heterocycles. The normalized spacial score (nSPS) is 10.7. The minimum atomic E-state index is 0.0491. The molecule has 0 radical (unpaired) electrons. The second kappa shape index (κ2) is 7.12. The number of carbonyl (C=O) groups is 1. The van der Waals surface area contributed by atoms with E-state index in [0.717, 1.165) is 28.9 Å². The van der Waals surface area contributed by atoms with Crippen molar-refractivity contribution < 1.29 is 4.79 Å². The highest BCUT2D eigenvalue weighted by Gasteiger charge is 2.12. The molecule has 0 spiro atoms. The fourth-order valence-corrected chi connectivity index (χ4v) is 2.49. The predicted molar refractivity (Wildman–Crippen MR) is 93.1 cm³/mol. The molecule has 116 valence electrons. The van der Waals surface area contributed by atoms with Crippen LogP contribution in [0.2, 0.25) is 0 Å². The Morgan fingerprint density at radius 3 is 2.45 bits per heavy atom. The Morgan fingerprint density at radius 1 is 1.14 bits per heavy atom. The maximum Gasteiger partial charge on any atom is 0.224 e. The number of benzene rings is 2. The molecule has 0 atom stereocenters. The molecule has 2 aromatic carbocycles. The van der Waals surface area contributed by atoms with Crippen LogP contribution in [0.1, 0.15) is 42.9 Å². The van der Waals surface area contributed by atoms with Gasteiger partial charge in [0.15, 0.2) is 0 Å². The molecule has 0 aromatic heterocycles. The number of hydrogen-bond acceptors (Lipinski definition) is 2. The molecule has 2 aromatic rings. The molecule has 0 bridgehead atoms. The molecule has 3 heteroatoms. The summed E-state index contributed by atoms with van der Waals surface area (Å²) in [5.41, 5.74) is 10.8. The molecule has 22 heavy (non-hydrogen) atoms. The smallest absolute Gasteiger partial charge is 0.224 e. The first kappa shape index (κ1) is 16.1. The summed E-state index contributed by atoms with van der Waals surface area (Å²) in [6.07, 6.45) is 1.19. The van der Waals surface area contributed by atoms with Gasteiger partial charge in [-0.05, 0) is 48.1 Å². The van der Waals surface area contributed by atoms with Crippen molar-refractivity contribution in [2.75, 3.05) is 11.1 Å². The number of nitrogens with one attached hydrogen (secondary N) is 1. The summed E-state index contributed by atoms with van der Waals surface area (Å²) in [6, 6.07) is 13.8. The highest BCUT2D eigenvalue weighted by Crippen LogP contribution is 2.27. The van der Waals surface area contributed by atoms with E-state index in [2.05, 4.69) is 25.2 Å². The van der Waals surface area contributed by atoms with E-state index in [1.54, 1.807) is 0 Å². The Balaban J connectivity index is 2.02. The van der Waals surface area contributed by atoms with Crippen LogP contribution in [0.5, 0.6) is 0 Å². The number of para-hydroxylation sites is 1. The maximum absolute atomic E-state index is 12.2. The van der Waals surface area contributed by atoms with Crippen molar-refractivity contribution in [3.8, 4) is 0 Å². The van der Waals surface area contributed by atoms with Crippen LogP contribution in [0.3, 0.4) is 0 Å². The maximum atomic E-state index is 12.2. The van der Waals surface area contributed by atoms with Crippen LogP contribution in [0.4, 0.5) is 11.4 Å². The van der Waals surface area contributed by atoms with E-state index >= 15 is 0 Å². The lowest BCUT2D eigenvalue weighted by atomic mass is 9.98. The number of carbonyl (C=O) groups excluding carboxylic acids is 1. The van der Waals surface area contributed by atoms with Crippen LogP contribution >= 0.6 is 0 Å². The Labute approximate surface area is 132 Å². The molecule has 3 nitrogen and oxygen atoms in total.